The number of carbonyl (C=O) groups is 1. The second-order valence-electron chi connectivity index (χ2n) is 2.41. The zero-order valence-electron chi connectivity index (χ0n) is 6.84. The molecule has 5 heteroatoms. The van der Waals surface area contributed by atoms with Gasteiger partial charge in [0.15, 0.2) is 0 Å². The van der Waals surface area contributed by atoms with E-state index in [2.05, 4.69) is 10.0 Å². The van der Waals surface area contributed by atoms with E-state index in [-0.39, 0.29) is 6.54 Å². The molecule has 1 aromatic carbocycles. The van der Waals surface area contributed by atoms with E-state index in [1.54, 1.807) is 24.3 Å². The second kappa shape index (κ2) is 4.13. The van der Waals surface area contributed by atoms with Gasteiger partial charge in [0, 0.05) is 10.5 Å². The van der Waals surface area contributed by atoms with Crippen LogP contribution in [0.1, 0.15) is 15.9 Å². The van der Waals surface area contributed by atoms with Crippen LogP contribution in [0, 0.1) is 0 Å². The lowest BCUT2D eigenvalue weighted by atomic mass is 10.1. The molecular formula is C8H8N4O. The zero-order chi connectivity index (χ0) is 9.68. The molecule has 0 aromatic heterocycles. The summed E-state index contributed by atoms with van der Waals surface area (Å²) in [6.45, 7) is 0.148. The molecule has 1 amide bonds. The van der Waals surface area contributed by atoms with Crippen LogP contribution >= 0.6 is 0 Å². The summed E-state index contributed by atoms with van der Waals surface area (Å²) >= 11 is 0. The van der Waals surface area contributed by atoms with E-state index in [1.807, 2.05) is 0 Å². The summed E-state index contributed by atoms with van der Waals surface area (Å²) < 4.78 is 0. The minimum Gasteiger partial charge on any atom is -0.366 e. The average molecular weight is 176 g/mol. The molecule has 0 aliphatic heterocycles. The minimum absolute atomic E-state index is 0.148. The largest absolute Gasteiger partial charge is 0.366 e. The van der Waals surface area contributed by atoms with Crippen LogP contribution in [0.25, 0.3) is 10.4 Å². The number of benzene rings is 1. The fourth-order valence-corrected chi connectivity index (χ4v) is 1.01. The molecule has 0 radical (unpaired) electrons. The standard InChI is InChI=1S/C8H8N4O/c9-8(13)7-4-2-1-3-6(7)5-11-12-10/h1-4H,5H2,(H2,9,13). The van der Waals surface area contributed by atoms with Gasteiger partial charge in [0.2, 0.25) is 5.91 Å². The smallest absolute Gasteiger partial charge is 0.248 e. The van der Waals surface area contributed by atoms with Crippen LogP contribution in [0.5, 0.6) is 0 Å². The van der Waals surface area contributed by atoms with Crippen molar-refractivity contribution in [2.45, 2.75) is 6.54 Å². The third-order valence-corrected chi connectivity index (χ3v) is 1.59. The molecule has 1 aromatic rings. The van der Waals surface area contributed by atoms with E-state index in [1.165, 1.54) is 0 Å². The number of carbonyl (C=O) groups excluding carboxylic acids is 1. The Bertz CT molecular complexity index is 368. The summed E-state index contributed by atoms with van der Waals surface area (Å²) in [5.74, 6) is -0.510. The number of nitrogens with two attached hydrogens (primary N) is 1. The Morgan fingerprint density at radius 2 is 2.23 bits per heavy atom. The van der Waals surface area contributed by atoms with Gasteiger partial charge in [-0.2, -0.15) is 0 Å². The van der Waals surface area contributed by atoms with Crippen molar-refractivity contribution in [3.8, 4) is 0 Å². The zero-order valence-corrected chi connectivity index (χ0v) is 6.84. The van der Waals surface area contributed by atoms with E-state index < -0.39 is 5.91 Å². The van der Waals surface area contributed by atoms with Crippen molar-refractivity contribution in [1.29, 1.82) is 0 Å². The molecule has 2 N–H and O–H groups in total. The number of hydrogen-bond acceptors (Lipinski definition) is 2. The maximum atomic E-state index is 10.9. The highest BCUT2D eigenvalue weighted by atomic mass is 16.1. The molecular weight excluding hydrogens is 168 g/mol. The van der Waals surface area contributed by atoms with E-state index in [0.717, 1.165) is 0 Å². The molecule has 1 rings (SSSR count). The van der Waals surface area contributed by atoms with E-state index >= 15 is 0 Å². The van der Waals surface area contributed by atoms with Gasteiger partial charge >= 0.3 is 0 Å². The summed E-state index contributed by atoms with van der Waals surface area (Å²) in [6, 6.07) is 6.77. The van der Waals surface area contributed by atoms with Gasteiger partial charge in [0.05, 0.1) is 6.54 Å². The van der Waals surface area contributed by atoms with Gasteiger partial charge in [0.1, 0.15) is 0 Å². The Morgan fingerprint density at radius 3 is 2.85 bits per heavy atom. The lowest BCUT2D eigenvalue weighted by Crippen LogP contribution is -2.13. The molecule has 0 saturated heterocycles. The normalized spacial score (nSPS) is 8.92. The van der Waals surface area contributed by atoms with E-state index in [0.29, 0.717) is 11.1 Å². The van der Waals surface area contributed by atoms with Crippen LogP contribution in [0.15, 0.2) is 29.4 Å². The molecule has 5 nitrogen and oxygen atoms in total. The van der Waals surface area contributed by atoms with Crippen LogP contribution in [-0.2, 0) is 6.54 Å². The maximum Gasteiger partial charge on any atom is 0.248 e. The van der Waals surface area contributed by atoms with Gasteiger partial charge in [-0.25, -0.2) is 0 Å². The molecule has 0 heterocycles. The number of amides is 1. The van der Waals surface area contributed by atoms with Crippen molar-refractivity contribution >= 4 is 5.91 Å². The number of hydrogen-bond donors (Lipinski definition) is 1. The second-order valence-corrected chi connectivity index (χ2v) is 2.41. The SMILES string of the molecule is [N-]=[N+]=NCc1ccccc1C(N)=O. The Morgan fingerprint density at radius 1 is 1.54 bits per heavy atom. The van der Waals surface area contributed by atoms with Crippen molar-refractivity contribution in [2.24, 2.45) is 10.8 Å². The van der Waals surface area contributed by atoms with Gasteiger partial charge in [-0.05, 0) is 17.2 Å². The number of nitrogens with zero attached hydrogens (tertiary/aromatic N) is 3. The van der Waals surface area contributed by atoms with Crippen LogP contribution < -0.4 is 5.73 Å². The summed E-state index contributed by atoms with van der Waals surface area (Å²) in [5, 5.41) is 3.36. The van der Waals surface area contributed by atoms with Crippen molar-refractivity contribution in [2.75, 3.05) is 0 Å². The highest BCUT2D eigenvalue weighted by Gasteiger charge is 2.04. The first-order chi connectivity index (χ1) is 6.25. The third-order valence-electron chi connectivity index (χ3n) is 1.59. The highest BCUT2D eigenvalue weighted by molar-refractivity contribution is 5.94. The fourth-order valence-electron chi connectivity index (χ4n) is 1.01. The van der Waals surface area contributed by atoms with Crippen molar-refractivity contribution in [3.63, 3.8) is 0 Å². The van der Waals surface area contributed by atoms with Gasteiger partial charge in [-0.3, -0.25) is 4.79 Å². The number of azide groups is 1. The van der Waals surface area contributed by atoms with Crippen LogP contribution in [0.3, 0.4) is 0 Å². The average Bonchev–Trinajstić information content (AvgIpc) is 2.15. The Hall–Kier alpha value is -2.00. The van der Waals surface area contributed by atoms with Crippen LogP contribution in [0.2, 0.25) is 0 Å². The lowest BCUT2D eigenvalue weighted by molar-refractivity contribution is 0.0999. The van der Waals surface area contributed by atoms with Crippen LogP contribution in [0.4, 0.5) is 0 Å². The molecule has 0 saturated carbocycles. The van der Waals surface area contributed by atoms with Crippen LogP contribution in [-0.4, -0.2) is 5.91 Å². The molecule has 0 spiro atoms. The maximum absolute atomic E-state index is 10.9. The monoisotopic (exact) mass is 176 g/mol. The fraction of sp³-hybridized carbons (Fsp3) is 0.125. The third kappa shape index (κ3) is 2.21. The molecule has 0 atom stereocenters. The molecule has 0 fully saturated rings. The topological polar surface area (TPSA) is 91.8 Å². The molecule has 0 aliphatic carbocycles. The first kappa shape index (κ1) is 9.09. The van der Waals surface area contributed by atoms with E-state index in [4.69, 9.17) is 11.3 Å². The number of rotatable bonds is 3. The quantitative estimate of drug-likeness (QED) is 0.422. The van der Waals surface area contributed by atoms with Crippen molar-refractivity contribution in [1.82, 2.24) is 0 Å². The van der Waals surface area contributed by atoms with Crippen molar-refractivity contribution < 1.29 is 4.79 Å². The summed E-state index contributed by atoms with van der Waals surface area (Å²) in [5.41, 5.74) is 14.3. The minimum atomic E-state index is -0.510. The first-order valence-electron chi connectivity index (χ1n) is 3.64. The molecule has 0 bridgehead atoms. The van der Waals surface area contributed by atoms with Gasteiger partial charge in [-0.1, -0.05) is 23.3 Å². The number of primary amides is 1. The summed E-state index contributed by atoms with van der Waals surface area (Å²) in [4.78, 5) is 13.5. The Labute approximate surface area is 74.8 Å². The Kier molecular flexibility index (Phi) is 2.89. The molecule has 66 valence electrons. The van der Waals surface area contributed by atoms with Gasteiger partial charge in [0.25, 0.3) is 0 Å². The predicted molar refractivity (Wildman–Crippen MR) is 47.8 cm³/mol. The van der Waals surface area contributed by atoms with Crippen molar-refractivity contribution in [3.05, 3.63) is 45.8 Å². The summed E-state index contributed by atoms with van der Waals surface area (Å²) in [7, 11) is 0. The summed E-state index contributed by atoms with van der Waals surface area (Å²) in [6.07, 6.45) is 0. The van der Waals surface area contributed by atoms with Gasteiger partial charge in [-0.15, -0.1) is 0 Å². The Balaban J connectivity index is 3.04. The highest BCUT2D eigenvalue weighted by Crippen LogP contribution is 2.08. The molecule has 0 unspecified atom stereocenters. The predicted octanol–water partition coefficient (Wildman–Crippen LogP) is 1.60. The van der Waals surface area contributed by atoms with E-state index in [9.17, 15) is 4.79 Å². The first-order valence-corrected chi connectivity index (χ1v) is 3.64. The lowest BCUT2D eigenvalue weighted by Gasteiger charge is -2.01. The van der Waals surface area contributed by atoms with Gasteiger partial charge < -0.3 is 5.73 Å². The molecule has 13 heavy (non-hydrogen) atoms. The molecule has 0 aliphatic rings.